The van der Waals surface area contributed by atoms with Gasteiger partial charge in [-0.05, 0) is 62.9 Å². The highest BCUT2D eigenvalue weighted by atomic mass is 16.5. The van der Waals surface area contributed by atoms with Crippen LogP contribution in [0.15, 0.2) is 42.5 Å². The maximum absolute atomic E-state index is 13.1. The van der Waals surface area contributed by atoms with Crippen molar-refractivity contribution in [3.63, 3.8) is 0 Å². The van der Waals surface area contributed by atoms with Crippen LogP contribution in [0.25, 0.3) is 0 Å². The largest absolute Gasteiger partial charge is 0.481 e. The number of ether oxygens (including phenoxy) is 1. The summed E-state index contributed by atoms with van der Waals surface area (Å²) in [6.45, 7) is 5.66. The van der Waals surface area contributed by atoms with E-state index in [2.05, 4.69) is 5.32 Å². The number of aryl methyl sites for hydroxylation is 2. The van der Waals surface area contributed by atoms with Gasteiger partial charge in [-0.1, -0.05) is 43.5 Å². The molecule has 30 heavy (non-hydrogen) atoms. The zero-order valence-electron chi connectivity index (χ0n) is 18.4. The van der Waals surface area contributed by atoms with E-state index in [0.29, 0.717) is 17.0 Å². The number of anilines is 1. The van der Waals surface area contributed by atoms with Gasteiger partial charge in [0, 0.05) is 13.1 Å². The summed E-state index contributed by atoms with van der Waals surface area (Å²) in [5, 5.41) is 2.89. The Bertz CT molecular complexity index is 903. The molecule has 1 N–H and O–H groups in total. The summed E-state index contributed by atoms with van der Waals surface area (Å²) < 4.78 is 5.90. The smallest absolute Gasteiger partial charge is 0.265 e. The normalized spacial score (nSPS) is 15.3. The highest BCUT2D eigenvalue weighted by molar-refractivity contribution is 6.04. The molecule has 1 atom stereocenters. The van der Waals surface area contributed by atoms with Gasteiger partial charge in [0.25, 0.3) is 11.8 Å². The fraction of sp³-hybridized carbons (Fsp3) is 0.440. The molecule has 2 aromatic rings. The lowest BCUT2D eigenvalue weighted by atomic mass is 9.94. The lowest BCUT2D eigenvalue weighted by Crippen LogP contribution is -2.39. The lowest BCUT2D eigenvalue weighted by molar-refractivity contribution is -0.122. The molecule has 2 aromatic carbocycles. The number of amides is 2. The van der Waals surface area contributed by atoms with E-state index in [-0.39, 0.29) is 17.9 Å². The van der Waals surface area contributed by atoms with Crippen LogP contribution in [-0.4, -0.2) is 35.9 Å². The van der Waals surface area contributed by atoms with E-state index < -0.39 is 6.10 Å². The summed E-state index contributed by atoms with van der Waals surface area (Å²) in [6.07, 6.45) is 4.95. The fourth-order valence-corrected chi connectivity index (χ4v) is 3.92. The average Bonchev–Trinajstić information content (AvgIpc) is 2.76. The second-order valence-electron chi connectivity index (χ2n) is 8.27. The van der Waals surface area contributed by atoms with E-state index in [9.17, 15) is 9.59 Å². The minimum absolute atomic E-state index is 0.0547. The molecule has 1 fully saturated rings. The number of nitrogens with zero attached hydrogens (tertiary/aromatic N) is 1. The molecular weight excluding hydrogens is 376 g/mol. The van der Waals surface area contributed by atoms with Crippen LogP contribution in [0, 0.1) is 13.8 Å². The van der Waals surface area contributed by atoms with Gasteiger partial charge in [0.2, 0.25) is 0 Å². The molecular formula is C25H32N2O3. The third-order valence-electron chi connectivity index (χ3n) is 5.87. The van der Waals surface area contributed by atoms with Crippen LogP contribution >= 0.6 is 0 Å². The highest BCUT2D eigenvalue weighted by Gasteiger charge is 2.25. The summed E-state index contributed by atoms with van der Waals surface area (Å²) in [5.74, 6) is 0.358. The van der Waals surface area contributed by atoms with Crippen molar-refractivity contribution in [2.45, 2.75) is 65.0 Å². The van der Waals surface area contributed by atoms with Crippen LogP contribution < -0.4 is 10.1 Å². The molecule has 1 saturated carbocycles. The number of para-hydroxylation sites is 1. The van der Waals surface area contributed by atoms with Gasteiger partial charge in [-0.15, -0.1) is 0 Å². The molecule has 2 amide bonds. The highest BCUT2D eigenvalue weighted by Crippen LogP contribution is 2.25. The molecule has 5 heteroatoms. The quantitative estimate of drug-likeness (QED) is 0.722. The molecule has 0 aromatic heterocycles. The molecule has 1 unspecified atom stereocenters. The van der Waals surface area contributed by atoms with E-state index in [4.69, 9.17) is 4.74 Å². The molecule has 0 aliphatic heterocycles. The van der Waals surface area contributed by atoms with E-state index in [0.717, 1.165) is 36.8 Å². The number of nitrogens with one attached hydrogen (secondary N) is 1. The average molecular weight is 409 g/mol. The molecule has 160 valence electrons. The van der Waals surface area contributed by atoms with E-state index in [1.807, 2.05) is 56.1 Å². The molecule has 0 bridgehead atoms. The number of carbonyl (C=O) groups excluding carboxylic acids is 2. The second-order valence-corrected chi connectivity index (χ2v) is 8.27. The van der Waals surface area contributed by atoms with Gasteiger partial charge in [0.15, 0.2) is 6.10 Å². The van der Waals surface area contributed by atoms with Crippen LogP contribution in [0.2, 0.25) is 0 Å². The number of benzene rings is 2. The van der Waals surface area contributed by atoms with Crippen molar-refractivity contribution < 1.29 is 14.3 Å². The van der Waals surface area contributed by atoms with Crippen molar-refractivity contribution in [2.75, 3.05) is 12.4 Å². The SMILES string of the molecule is Cc1ccc(C)c(OC(C)C(=O)Nc2ccccc2C(=O)N(C)C2CCCCC2)c1. The predicted molar refractivity (Wildman–Crippen MR) is 120 cm³/mol. The maximum atomic E-state index is 13.1. The van der Waals surface area contributed by atoms with Crippen LogP contribution in [0.5, 0.6) is 5.75 Å². The van der Waals surface area contributed by atoms with Gasteiger partial charge >= 0.3 is 0 Å². The standard InChI is InChI=1S/C25H32N2O3/c1-17-14-15-18(2)23(16-17)30-19(3)24(28)26-22-13-9-8-12-21(22)25(29)27(4)20-10-6-5-7-11-20/h8-9,12-16,19-20H,5-7,10-11H2,1-4H3,(H,26,28). The molecule has 0 saturated heterocycles. The molecule has 0 radical (unpaired) electrons. The zero-order valence-corrected chi connectivity index (χ0v) is 18.4. The summed E-state index contributed by atoms with van der Waals surface area (Å²) in [6, 6.07) is 13.4. The summed E-state index contributed by atoms with van der Waals surface area (Å²) in [4.78, 5) is 27.8. The van der Waals surface area contributed by atoms with Crippen molar-refractivity contribution >= 4 is 17.5 Å². The van der Waals surface area contributed by atoms with Crippen molar-refractivity contribution in [3.05, 3.63) is 59.2 Å². The Morgan fingerprint density at radius 3 is 2.50 bits per heavy atom. The van der Waals surface area contributed by atoms with Gasteiger partial charge in [0.1, 0.15) is 5.75 Å². The lowest BCUT2D eigenvalue weighted by Gasteiger charge is -2.31. The van der Waals surface area contributed by atoms with Crippen LogP contribution in [0.1, 0.15) is 60.5 Å². The van der Waals surface area contributed by atoms with Crippen LogP contribution in [0.3, 0.4) is 0 Å². The fourth-order valence-electron chi connectivity index (χ4n) is 3.92. The van der Waals surface area contributed by atoms with Crippen LogP contribution in [-0.2, 0) is 4.79 Å². The van der Waals surface area contributed by atoms with Crippen molar-refractivity contribution in [3.8, 4) is 5.75 Å². The van der Waals surface area contributed by atoms with Crippen molar-refractivity contribution in [1.29, 1.82) is 0 Å². The first-order valence-corrected chi connectivity index (χ1v) is 10.8. The minimum Gasteiger partial charge on any atom is -0.481 e. The molecule has 5 nitrogen and oxygen atoms in total. The molecule has 0 spiro atoms. The van der Waals surface area contributed by atoms with Gasteiger partial charge in [-0.25, -0.2) is 0 Å². The Hall–Kier alpha value is -2.82. The third-order valence-corrected chi connectivity index (χ3v) is 5.87. The van der Waals surface area contributed by atoms with Gasteiger partial charge in [0.05, 0.1) is 11.3 Å². The summed E-state index contributed by atoms with van der Waals surface area (Å²) >= 11 is 0. The minimum atomic E-state index is -0.690. The first-order valence-electron chi connectivity index (χ1n) is 10.8. The maximum Gasteiger partial charge on any atom is 0.265 e. The topological polar surface area (TPSA) is 58.6 Å². The summed E-state index contributed by atoms with van der Waals surface area (Å²) in [5.41, 5.74) is 3.08. The third kappa shape index (κ3) is 5.21. The Kier molecular flexibility index (Phi) is 7.14. The monoisotopic (exact) mass is 408 g/mol. The Labute approximate surface area is 179 Å². The molecule has 1 aliphatic carbocycles. The molecule has 0 heterocycles. The Morgan fingerprint density at radius 1 is 1.07 bits per heavy atom. The number of hydrogen-bond donors (Lipinski definition) is 1. The predicted octanol–water partition coefficient (Wildman–Crippen LogP) is 5.11. The van der Waals surface area contributed by atoms with Crippen LogP contribution in [0.4, 0.5) is 5.69 Å². The first-order chi connectivity index (χ1) is 14.4. The Morgan fingerprint density at radius 2 is 1.77 bits per heavy atom. The zero-order chi connectivity index (χ0) is 21.7. The van der Waals surface area contributed by atoms with Crippen molar-refractivity contribution in [2.24, 2.45) is 0 Å². The number of hydrogen-bond acceptors (Lipinski definition) is 3. The van der Waals surface area contributed by atoms with E-state index >= 15 is 0 Å². The summed E-state index contributed by atoms with van der Waals surface area (Å²) in [7, 11) is 1.86. The van der Waals surface area contributed by atoms with E-state index in [1.165, 1.54) is 6.42 Å². The Balaban J connectivity index is 1.71. The number of carbonyl (C=O) groups is 2. The number of rotatable bonds is 6. The van der Waals surface area contributed by atoms with Gasteiger partial charge in [-0.2, -0.15) is 0 Å². The van der Waals surface area contributed by atoms with Crippen molar-refractivity contribution in [1.82, 2.24) is 4.90 Å². The van der Waals surface area contributed by atoms with Gasteiger partial charge in [-0.3, -0.25) is 9.59 Å². The first kappa shape index (κ1) is 21.9. The van der Waals surface area contributed by atoms with Gasteiger partial charge < -0.3 is 15.0 Å². The molecule has 1 aliphatic rings. The second kappa shape index (κ2) is 9.79. The molecule has 3 rings (SSSR count). The van der Waals surface area contributed by atoms with E-state index in [1.54, 1.807) is 19.1 Å².